The Hall–Kier alpha value is -0.970. The van der Waals surface area contributed by atoms with E-state index in [1.54, 1.807) is 0 Å². The molecule has 0 bridgehead atoms. The second-order valence-corrected chi connectivity index (χ2v) is 5.08. The lowest BCUT2D eigenvalue weighted by molar-refractivity contribution is -0.165. The van der Waals surface area contributed by atoms with Crippen molar-refractivity contribution in [3.05, 3.63) is 30.1 Å². The maximum Gasteiger partial charge on any atom is 0.0685 e. The zero-order chi connectivity index (χ0) is 13.3. The minimum absolute atomic E-state index is 0.406. The molecule has 1 atom stereocenters. The molecule has 1 aliphatic rings. The number of nitrogens with zero attached hydrogens (tertiary/aromatic N) is 2. The van der Waals surface area contributed by atoms with Gasteiger partial charge in [0.15, 0.2) is 0 Å². The predicted molar refractivity (Wildman–Crippen MR) is 76.9 cm³/mol. The van der Waals surface area contributed by atoms with Gasteiger partial charge in [0.05, 0.1) is 6.61 Å². The minimum Gasteiger partial charge on any atom is -0.316 e. The van der Waals surface area contributed by atoms with Gasteiger partial charge in [-0.3, -0.25) is 9.82 Å². The second-order valence-electron chi connectivity index (χ2n) is 5.08. The number of nitrogens with one attached hydrogen (secondary N) is 1. The van der Waals surface area contributed by atoms with Crippen molar-refractivity contribution in [3.63, 3.8) is 0 Å². The van der Waals surface area contributed by atoms with Gasteiger partial charge in [0.2, 0.25) is 0 Å². The normalized spacial score (nSPS) is 21.8. The van der Waals surface area contributed by atoms with Crippen molar-refractivity contribution in [2.75, 3.05) is 32.8 Å². The Balaban J connectivity index is 1.93. The third-order valence-electron chi connectivity index (χ3n) is 3.45. The summed E-state index contributed by atoms with van der Waals surface area (Å²) in [5.74, 6) is 0.406. The molecule has 106 valence electrons. The summed E-state index contributed by atoms with van der Waals surface area (Å²) in [6, 6.07) is 6.14. The Kier molecular flexibility index (Phi) is 6.27. The lowest BCUT2D eigenvalue weighted by Crippen LogP contribution is -2.39. The van der Waals surface area contributed by atoms with Crippen LogP contribution < -0.4 is 5.32 Å². The van der Waals surface area contributed by atoms with E-state index in [-0.39, 0.29) is 0 Å². The molecule has 0 amide bonds. The number of rotatable bonds is 5. The van der Waals surface area contributed by atoms with E-state index in [1.807, 2.05) is 12.3 Å². The van der Waals surface area contributed by atoms with Gasteiger partial charge in [-0.25, -0.2) is 0 Å². The molecule has 1 aromatic rings. The summed E-state index contributed by atoms with van der Waals surface area (Å²) in [5.41, 5.74) is 1.15. The van der Waals surface area contributed by atoms with Gasteiger partial charge in [-0.15, -0.1) is 0 Å². The van der Waals surface area contributed by atoms with Crippen LogP contribution in [0.5, 0.6) is 0 Å². The van der Waals surface area contributed by atoms with Crippen molar-refractivity contribution in [1.29, 1.82) is 0 Å². The van der Waals surface area contributed by atoms with Crippen LogP contribution in [0.15, 0.2) is 24.4 Å². The summed E-state index contributed by atoms with van der Waals surface area (Å²) in [6.45, 7) is 6.98. The summed E-state index contributed by atoms with van der Waals surface area (Å²) in [5, 5.41) is 5.64. The molecule has 1 fully saturated rings. The largest absolute Gasteiger partial charge is 0.316 e. The fourth-order valence-corrected chi connectivity index (χ4v) is 2.33. The molecule has 19 heavy (non-hydrogen) atoms. The molecule has 1 N–H and O–H groups in total. The van der Waals surface area contributed by atoms with Gasteiger partial charge < -0.3 is 5.32 Å². The summed E-state index contributed by atoms with van der Waals surface area (Å²) in [7, 11) is 0. The Morgan fingerprint density at radius 1 is 1.47 bits per heavy atom. The summed E-state index contributed by atoms with van der Waals surface area (Å²) in [4.78, 5) is 10.4. The molecular weight excluding hydrogens is 238 g/mol. The van der Waals surface area contributed by atoms with Crippen molar-refractivity contribution >= 4 is 0 Å². The van der Waals surface area contributed by atoms with Gasteiger partial charge in [-0.1, -0.05) is 19.4 Å². The molecule has 1 aromatic heterocycles. The Labute approximate surface area is 116 Å². The minimum atomic E-state index is 0.406. The maximum absolute atomic E-state index is 5.89. The second kappa shape index (κ2) is 8.25. The fourth-order valence-electron chi connectivity index (χ4n) is 2.33. The van der Waals surface area contributed by atoms with Crippen LogP contribution in [0, 0.1) is 0 Å². The van der Waals surface area contributed by atoms with Crippen LogP contribution in [0.3, 0.4) is 0 Å². The molecule has 1 aliphatic heterocycles. The monoisotopic (exact) mass is 263 g/mol. The Morgan fingerprint density at radius 3 is 3.21 bits per heavy atom. The summed E-state index contributed by atoms with van der Waals surface area (Å²) >= 11 is 0. The molecule has 1 saturated heterocycles. The zero-order valence-corrected chi connectivity index (χ0v) is 11.8. The average Bonchev–Trinajstić information content (AvgIpc) is 2.42. The number of hydrogen-bond acceptors (Lipinski definition) is 4. The van der Waals surface area contributed by atoms with Gasteiger partial charge >= 0.3 is 0 Å². The van der Waals surface area contributed by atoms with Gasteiger partial charge in [0.1, 0.15) is 0 Å². The highest BCUT2D eigenvalue weighted by Crippen LogP contribution is 2.16. The van der Waals surface area contributed by atoms with E-state index >= 15 is 0 Å². The average molecular weight is 263 g/mol. The molecular formula is C15H25N3O. The lowest BCUT2D eigenvalue weighted by Gasteiger charge is -2.29. The smallest absolute Gasteiger partial charge is 0.0685 e. The number of unbranched alkanes of at least 4 members (excludes halogenated alkanes) is 1. The van der Waals surface area contributed by atoms with E-state index in [9.17, 15) is 0 Å². The molecule has 4 nitrogen and oxygen atoms in total. The van der Waals surface area contributed by atoms with Crippen LogP contribution in [0.2, 0.25) is 0 Å². The van der Waals surface area contributed by atoms with Crippen LogP contribution >= 0.6 is 0 Å². The van der Waals surface area contributed by atoms with Crippen LogP contribution in [0.1, 0.15) is 37.8 Å². The SMILES string of the molecule is CCCCON1CCCNCC(c2ccccn2)C1. The molecule has 0 spiro atoms. The van der Waals surface area contributed by atoms with E-state index in [2.05, 4.69) is 34.4 Å². The predicted octanol–water partition coefficient (Wildman–Crippen LogP) is 2.19. The highest BCUT2D eigenvalue weighted by Gasteiger charge is 2.19. The first-order valence-corrected chi connectivity index (χ1v) is 7.39. The van der Waals surface area contributed by atoms with Gasteiger partial charge in [0.25, 0.3) is 0 Å². The molecule has 4 heteroatoms. The van der Waals surface area contributed by atoms with Crippen LogP contribution in [0.4, 0.5) is 0 Å². The third kappa shape index (κ3) is 4.90. The first-order chi connectivity index (χ1) is 9.40. The number of hydroxylamine groups is 2. The standard InChI is InChI=1S/C15H25N3O/c1-2-3-11-19-18-10-6-8-16-12-14(13-18)15-7-4-5-9-17-15/h4-5,7,9,14,16H,2-3,6,8,10-13H2,1H3. The van der Waals surface area contributed by atoms with Crippen molar-refractivity contribution in [2.24, 2.45) is 0 Å². The third-order valence-corrected chi connectivity index (χ3v) is 3.45. The quantitative estimate of drug-likeness (QED) is 0.826. The molecule has 0 saturated carbocycles. The molecule has 0 aliphatic carbocycles. The van der Waals surface area contributed by atoms with Crippen molar-refractivity contribution in [3.8, 4) is 0 Å². The van der Waals surface area contributed by atoms with E-state index in [1.165, 1.54) is 6.42 Å². The Bertz CT molecular complexity index is 345. The van der Waals surface area contributed by atoms with Crippen molar-refractivity contribution < 1.29 is 4.84 Å². The van der Waals surface area contributed by atoms with Crippen molar-refractivity contribution in [2.45, 2.75) is 32.1 Å². The van der Waals surface area contributed by atoms with E-state index in [0.717, 1.165) is 51.3 Å². The van der Waals surface area contributed by atoms with Crippen LogP contribution in [0.25, 0.3) is 0 Å². The first-order valence-electron chi connectivity index (χ1n) is 7.39. The first kappa shape index (κ1) is 14.4. The summed E-state index contributed by atoms with van der Waals surface area (Å²) < 4.78 is 0. The molecule has 2 rings (SSSR count). The lowest BCUT2D eigenvalue weighted by atomic mass is 10.0. The van der Waals surface area contributed by atoms with Crippen molar-refractivity contribution in [1.82, 2.24) is 15.4 Å². The molecule has 0 aromatic carbocycles. The number of aromatic nitrogens is 1. The molecule has 2 heterocycles. The fraction of sp³-hybridized carbons (Fsp3) is 0.667. The zero-order valence-electron chi connectivity index (χ0n) is 11.8. The molecule has 1 unspecified atom stereocenters. The topological polar surface area (TPSA) is 37.4 Å². The molecule has 0 radical (unpaired) electrons. The van der Waals surface area contributed by atoms with E-state index < -0.39 is 0 Å². The van der Waals surface area contributed by atoms with E-state index in [0.29, 0.717) is 5.92 Å². The van der Waals surface area contributed by atoms with Crippen LogP contribution in [-0.4, -0.2) is 42.8 Å². The highest BCUT2D eigenvalue weighted by molar-refractivity contribution is 5.10. The highest BCUT2D eigenvalue weighted by atomic mass is 16.7. The van der Waals surface area contributed by atoms with Crippen LogP contribution in [-0.2, 0) is 4.84 Å². The van der Waals surface area contributed by atoms with Gasteiger partial charge in [0, 0.05) is 37.4 Å². The Morgan fingerprint density at radius 2 is 2.42 bits per heavy atom. The maximum atomic E-state index is 5.89. The number of hydrogen-bond donors (Lipinski definition) is 1. The summed E-state index contributed by atoms with van der Waals surface area (Å²) in [6.07, 6.45) is 5.32. The van der Waals surface area contributed by atoms with E-state index in [4.69, 9.17) is 4.84 Å². The van der Waals surface area contributed by atoms with Gasteiger partial charge in [-0.2, -0.15) is 5.06 Å². The number of pyridine rings is 1. The van der Waals surface area contributed by atoms with Gasteiger partial charge in [-0.05, 0) is 31.5 Å².